The van der Waals surface area contributed by atoms with Gasteiger partial charge in [-0.3, -0.25) is 9.80 Å². The van der Waals surface area contributed by atoms with Gasteiger partial charge in [0.15, 0.2) is 0 Å². The van der Waals surface area contributed by atoms with Crippen molar-refractivity contribution in [3.8, 4) is 0 Å². The lowest BCUT2D eigenvalue weighted by Gasteiger charge is -2.36. The summed E-state index contributed by atoms with van der Waals surface area (Å²) in [5.41, 5.74) is 2.06. The number of β-amino-alcohol motifs (C(OH)–C–C–N with tert-alkyl or cyclic N) is 2. The van der Waals surface area contributed by atoms with Crippen molar-refractivity contribution in [2.75, 3.05) is 63.0 Å². The van der Waals surface area contributed by atoms with Gasteiger partial charge in [0, 0.05) is 63.7 Å². The van der Waals surface area contributed by atoms with Gasteiger partial charge in [-0.15, -0.1) is 0 Å². The quantitative estimate of drug-likeness (QED) is 0.498. The molecule has 2 unspecified atom stereocenters. The van der Waals surface area contributed by atoms with E-state index in [2.05, 4.69) is 20.4 Å². The smallest absolute Gasteiger partial charge is 0.0839 e. The Kier molecular flexibility index (Phi) is 8.11. The molecule has 6 heteroatoms. The molecule has 4 N–H and O–H groups in total. The van der Waals surface area contributed by atoms with Gasteiger partial charge in [0.25, 0.3) is 0 Å². The molecule has 1 saturated heterocycles. The summed E-state index contributed by atoms with van der Waals surface area (Å²) < 4.78 is 0. The summed E-state index contributed by atoms with van der Waals surface area (Å²) in [6, 6.07) is 19.9. The summed E-state index contributed by atoms with van der Waals surface area (Å²) >= 11 is 0. The number of hydrogen-bond donors (Lipinski definition) is 4. The summed E-state index contributed by atoms with van der Waals surface area (Å²) in [7, 11) is 0. The normalized spacial score (nSPS) is 17.8. The fraction of sp³-hybridized carbons (Fsp3) is 0.455. The molecule has 3 rings (SSSR count). The lowest BCUT2D eigenvalue weighted by atomic mass is 10.2. The number of anilines is 2. The van der Waals surface area contributed by atoms with Gasteiger partial charge in [-0.25, -0.2) is 0 Å². The first-order chi connectivity index (χ1) is 13.7. The van der Waals surface area contributed by atoms with Crippen molar-refractivity contribution in [1.82, 2.24) is 9.80 Å². The highest BCUT2D eigenvalue weighted by Gasteiger charge is 2.20. The number of hydrogen-bond acceptors (Lipinski definition) is 6. The summed E-state index contributed by atoms with van der Waals surface area (Å²) in [5.74, 6) is 0. The molecule has 0 bridgehead atoms. The predicted octanol–water partition coefficient (Wildman–Crippen LogP) is 1.55. The van der Waals surface area contributed by atoms with Crippen LogP contribution in [0.5, 0.6) is 0 Å². The molecule has 1 heterocycles. The third-order valence-corrected chi connectivity index (χ3v) is 5.03. The Morgan fingerprint density at radius 2 is 1.00 bits per heavy atom. The van der Waals surface area contributed by atoms with E-state index >= 15 is 0 Å². The Balaban J connectivity index is 1.29. The Bertz CT molecular complexity index is 603. The van der Waals surface area contributed by atoms with Crippen LogP contribution >= 0.6 is 0 Å². The maximum Gasteiger partial charge on any atom is 0.0839 e. The van der Waals surface area contributed by atoms with E-state index in [9.17, 15) is 10.2 Å². The average Bonchev–Trinajstić information content (AvgIpc) is 2.74. The number of rotatable bonds is 10. The number of benzene rings is 2. The molecule has 6 nitrogen and oxygen atoms in total. The monoisotopic (exact) mass is 384 g/mol. The van der Waals surface area contributed by atoms with Crippen LogP contribution in [0.25, 0.3) is 0 Å². The number of nitrogens with zero attached hydrogens (tertiary/aromatic N) is 2. The molecule has 28 heavy (non-hydrogen) atoms. The molecule has 0 radical (unpaired) electrons. The zero-order valence-corrected chi connectivity index (χ0v) is 16.4. The predicted molar refractivity (Wildman–Crippen MR) is 115 cm³/mol. The maximum absolute atomic E-state index is 10.3. The number of para-hydroxylation sites is 2. The molecule has 2 aromatic carbocycles. The molecule has 1 fully saturated rings. The lowest BCUT2D eigenvalue weighted by molar-refractivity contribution is 0.0548. The van der Waals surface area contributed by atoms with E-state index < -0.39 is 12.2 Å². The molecular formula is C22H32N4O2. The van der Waals surface area contributed by atoms with Crippen LogP contribution in [0.2, 0.25) is 0 Å². The van der Waals surface area contributed by atoms with Crippen molar-refractivity contribution in [2.45, 2.75) is 12.2 Å². The summed E-state index contributed by atoms with van der Waals surface area (Å²) in [6.45, 7) is 6.12. The second kappa shape index (κ2) is 11.0. The number of aliphatic hydroxyl groups excluding tert-OH is 2. The highest BCUT2D eigenvalue weighted by Crippen LogP contribution is 2.08. The van der Waals surface area contributed by atoms with E-state index in [-0.39, 0.29) is 0 Å². The first-order valence-corrected chi connectivity index (χ1v) is 10.1. The van der Waals surface area contributed by atoms with E-state index in [0.29, 0.717) is 26.2 Å². The third kappa shape index (κ3) is 7.13. The molecule has 0 saturated carbocycles. The first-order valence-electron chi connectivity index (χ1n) is 10.1. The van der Waals surface area contributed by atoms with Crippen LogP contribution in [0.15, 0.2) is 60.7 Å². The SMILES string of the molecule is OC(CNc1ccccc1)CN1CCN(CC(O)CNc2ccccc2)CC1. The zero-order chi connectivity index (χ0) is 19.6. The molecule has 1 aliphatic heterocycles. The van der Waals surface area contributed by atoms with Gasteiger partial charge in [-0.2, -0.15) is 0 Å². The standard InChI is InChI=1S/C22H32N4O2/c27-21(15-23-19-7-3-1-4-8-19)17-25-11-13-26(14-12-25)18-22(28)16-24-20-9-5-2-6-10-20/h1-10,21-24,27-28H,11-18H2. The highest BCUT2D eigenvalue weighted by molar-refractivity contribution is 5.43. The molecule has 0 amide bonds. The van der Waals surface area contributed by atoms with Crippen molar-refractivity contribution >= 4 is 11.4 Å². The van der Waals surface area contributed by atoms with E-state index in [0.717, 1.165) is 37.6 Å². The topological polar surface area (TPSA) is 71.0 Å². The second-order valence-corrected chi connectivity index (χ2v) is 7.40. The summed E-state index contributed by atoms with van der Waals surface area (Å²) in [6.07, 6.45) is -0.792. The average molecular weight is 385 g/mol. The largest absolute Gasteiger partial charge is 0.390 e. The van der Waals surface area contributed by atoms with Gasteiger partial charge < -0.3 is 20.8 Å². The summed E-state index contributed by atoms with van der Waals surface area (Å²) in [4.78, 5) is 4.59. The van der Waals surface area contributed by atoms with Crippen molar-refractivity contribution in [3.05, 3.63) is 60.7 Å². The minimum Gasteiger partial charge on any atom is -0.390 e. The highest BCUT2D eigenvalue weighted by atomic mass is 16.3. The van der Waals surface area contributed by atoms with Crippen LogP contribution < -0.4 is 10.6 Å². The Hall–Kier alpha value is -2.12. The fourth-order valence-electron chi connectivity index (χ4n) is 3.46. The first kappa shape index (κ1) is 20.6. The zero-order valence-electron chi connectivity index (χ0n) is 16.4. The van der Waals surface area contributed by atoms with Crippen molar-refractivity contribution in [2.24, 2.45) is 0 Å². The number of nitrogens with one attached hydrogen (secondary N) is 2. The van der Waals surface area contributed by atoms with Gasteiger partial charge in [0.1, 0.15) is 0 Å². The van der Waals surface area contributed by atoms with Crippen molar-refractivity contribution in [3.63, 3.8) is 0 Å². The molecule has 1 aliphatic rings. The van der Waals surface area contributed by atoms with E-state index in [1.54, 1.807) is 0 Å². The minimum absolute atomic E-state index is 0.396. The summed E-state index contributed by atoms with van der Waals surface area (Å²) in [5, 5.41) is 27.1. The van der Waals surface area contributed by atoms with E-state index in [4.69, 9.17) is 0 Å². The molecule has 0 aliphatic carbocycles. The van der Waals surface area contributed by atoms with E-state index in [1.807, 2.05) is 60.7 Å². The van der Waals surface area contributed by atoms with Crippen LogP contribution in [0, 0.1) is 0 Å². The van der Waals surface area contributed by atoms with Gasteiger partial charge >= 0.3 is 0 Å². The third-order valence-electron chi connectivity index (χ3n) is 5.03. The minimum atomic E-state index is -0.396. The molecule has 2 atom stereocenters. The Morgan fingerprint density at radius 1 is 0.643 bits per heavy atom. The molecule has 0 aromatic heterocycles. The number of aliphatic hydroxyl groups is 2. The molecular weight excluding hydrogens is 352 g/mol. The van der Waals surface area contributed by atoms with Crippen molar-refractivity contribution in [1.29, 1.82) is 0 Å². The van der Waals surface area contributed by atoms with Gasteiger partial charge in [0.05, 0.1) is 12.2 Å². The molecule has 2 aromatic rings. The molecule has 152 valence electrons. The Morgan fingerprint density at radius 3 is 1.36 bits per heavy atom. The van der Waals surface area contributed by atoms with Crippen LogP contribution in [0.3, 0.4) is 0 Å². The second-order valence-electron chi connectivity index (χ2n) is 7.40. The maximum atomic E-state index is 10.3. The van der Waals surface area contributed by atoms with Gasteiger partial charge in [-0.05, 0) is 24.3 Å². The van der Waals surface area contributed by atoms with Crippen LogP contribution in [0.4, 0.5) is 11.4 Å². The van der Waals surface area contributed by atoms with E-state index in [1.165, 1.54) is 0 Å². The molecule has 0 spiro atoms. The van der Waals surface area contributed by atoms with Crippen LogP contribution in [-0.4, -0.2) is 84.6 Å². The van der Waals surface area contributed by atoms with Gasteiger partial charge in [-0.1, -0.05) is 36.4 Å². The van der Waals surface area contributed by atoms with Gasteiger partial charge in [0.2, 0.25) is 0 Å². The lowest BCUT2D eigenvalue weighted by Crippen LogP contribution is -2.51. The van der Waals surface area contributed by atoms with Crippen molar-refractivity contribution < 1.29 is 10.2 Å². The fourth-order valence-corrected chi connectivity index (χ4v) is 3.46. The Labute approximate surface area is 167 Å². The van der Waals surface area contributed by atoms with Crippen LogP contribution in [-0.2, 0) is 0 Å². The van der Waals surface area contributed by atoms with Crippen LogP contribution in [0.1, 0.15) is 0 Å². The number of piperazine rings is 1.